The molecule has 2 unspecified atom stereocenters. The van der Waals surface area contributed by atoms with E-state index >= 15 is 0 Å². The van der Waals surface area contributed by atoms with Crippen molar-refractivity contribution in [2.45, 2.75) is 25.3 Å². The molecule has 0 saturated heterocycles. The van der Waals surface area contributed by atoms with E-state index < -0.39 is 22.8 Å². The van der Waals surface area contributed by atoms with Gasteiger partial charge in [-0.2, -0.15) is 0 Å². The summed E-state index contributed by atoms with van der Waals surface area (Å²) in [6, 6.07) is 12.2. The lowest BCUT2D eigenvalue weighted by Crippen LogP contribution is -2.56. The van der Waals surface area contributed by atoms with E-state index in [2.05, 4.69) is 0 Å². The van der Waals surface area contributed by atoms with Crippen LogP contribution in [0.1, 0.15) is 19.4 Å². The molecule has 3 N–H and O–H groups in total. The van der Waals surface area contributed by atoms with Gasteiger partial charge in [0.15, 0.2) is 0 Å². The van der Waals surface area contributed by atoms with Gasteiger partial charge in [0.25, 0.3) is 0 Å². The number of aliphatic carboxylic acids is 1. The fourth-order valence-electron chi connectivity index (χ4n) is 4.36. The standard InChI is InChI=1S/C24H21NO4/c1-23(2)10-8-21(25)24(22(27)28,20(23)13-26)17-7-6-15-4-3-5-18(19(15)12-17)16-9-11-29-14-16/h3-12,14,21H,25H2,1-2H3,(H,27,28). The lowest BCUT2D eigenvalue weighted by atomic mass is 9.58. The number of allylic oxidation sites excluding steroid dienone is 1. The van der Waals surface area contributed by atoms with Crippen molar-refractivity contribution in [3.63, 3.8) is 0 Å². The van der Waals surface area contributed by atoms with Crippen LogP contribution in [0.25, 0.3) is 21.9 Å². The molecule has 5 heteroatoms. The molecule has 0 spiro atoms. The Labute approximate surface area is 168 Å². The Morgan fingerprint density at radius 3 is 2.66 bits per heavy atom. The largest absolute Gasteiger partial charge is 0.480 e. The Morgan fingerprint density at radius 2 is 2.00 bits per heavy atom. The van der Waals surface area contributed by atoms with Crippen molar-refractivity contribution in [2.24, 2.45) is 11.1 Å². The highest BCUT2D eigenvalue weighted by atomic mass is 16.4. The second kappa shape index (κ2) is 6.59. The molecule has 1 aromatic heterocycles. The van der Waals surface area contributed by atoms with E-state index in [9.17, 15) is 14.7 Å². The Hall–Kier alpha value is -3.40. The maximum absolute atomic E-state index is 12.7. The quantitative estimate of drug-likeness (QED) is 0.521. The van der Waals surface area contributed by atoms with Crippen molar-refractivity contribution in [3.8, 4) is 11.1 Å². The van der Waals surface area contributed by atoms with Crippen LogP contribution in [0.4, 0.5) is 0 Å². The third-order valence-electron chi connectivity index (χ3n) is 5.87. The van der Waals surface area contributed by atoms with Crippen molar-refractivity contribution in [2.75, 3.05) is 0 Å². The third-order valence-corrected chi connectivity index (χ3v) is 5.87. The molecule has 1 heterocycles. The molecule has 29 heavy (non-hydrogen) atoms. The fourth-order valence-corrected chi connectivity index (χ4v) is 4.36. The number of carbonyl (C=O) groups is 1. The van der Waals surface area contributed by atoms with Gasteiger partial charge in [-0.25, -0.2) is 4.79 Å². The normalized spacial score (nSPS) is 23.1. The summed E-state index contributed by atoms with van der Waals surface area (Å²) in [6.07, 6.45) is 6.68. The van der Waals surface area contributed by atoms with E-state index in [4.69, 9.17) is 10.2 Å². The second-order valence-electron chi connectivity index (χ2n) is 7.95. The zero-order valence-corrected chi connectivity index (χ0v) is 16.2. The summed E-state index contributed by atoms with van der Waals surface area (Å²) in [6.45, 7) is 3.59. The Balaban J connectivity index is 2.06. The molecule has 0 aliphatic heterocycles. The van der Waals surface area contributed by atoms with Crippen molar-refractivity contribution in [1.82, 2.24) is 0 Å². The molecule has 2 atom stereocenters. The van der Waals surface area contributed by atoms with Crippen molar-refractivity contribution < 1.29 is 19.1 Å². The predicted octanol–water partition coefficient (Wildman–Crippen LogP) is 4.10. The van der Waals surface area contributed by atoms with E-state index in [-0.39, 0.29) is 5.57 Å². The molecule has 0 fully saturated rings. The summed E-state index contributed by atoms with van der Waals surface area (Å²) in [5.74, 6) is 0.759. The van der Waals surface area contributed by atoms with Crippen LogP contribution in [0.2, 0.25) is 0 Å². The fraction of sp³-hybridized carbons (Fsp3) is 0.208. The summed E-state index contributed by atoms with van der Waals surface area (Å²) in [5.41, 5.74) is 6.22. The van der Waals surface area contributed by atoms with Gasteiger partial charge in [0.2, 0.25) is 0 Å². The zero-order valence-electron chi connectivity index (χ0n) is 16.2. The first-order chi connectivity index (χ1) is 13.8. The molecule has 0 amide bonds. The highest BCUT2D eigenvalue weighted by molar-refractivity contribution is 5.99. The van der Waals surface area contributed by atoms with Gasteiger partial charge < -0.3 is 15.3 Å². The average Bonchev–Trinajstić information content (AvgIpc) is 3.23. The first-order valence-corrected chi connectivity index (χ1v) is 9.32. The predicted molar refractivity (Wildman–Crippen MR) is 111 cm³/mol. The molecular weight excluding hydrogens is 366 g/mol. The van der Waals surface area contributed by atoms with Crippen LogP contribution in [-0.4, -0.2) is 23.1 Å². The zero-order chi connectivity index (χ0) is 20.8. The molecule has 0 bridgehead atoms. The molecule has 4 rings (SSSR count). The Morgan fingerprint density at radius 1 is 1.21 bits per heavy atom. The first kappa shape index (κ1) is 18.9. The number of carboxylic acid groups (broad SMARTS) is 1. The van der Waals surface area contributed by atoms with E-state index in [1.54, 1.807) is 44.6 Å². The summed E-state index contributed by atoms with van der Waals surface area (Å²) >= 11 is 0. The van der Waals surface area contributed by atoms with Crippen LogP contribution in [0.3, 0.4) is 0 Å². The van der Waals surface area contributed by atoms with Crippen LogP contribution in [0.5, 0.6) is 0 Å². The number of carboxylic acids is 1. The molecule has 1 aliphatic carbocycles. The van der Waals surface area contributed by atoms with Gasteiger partial charge in [0.1, 0.15) is 11.4 Å². The van der Waals surface area contributed by atoms with E-state index in [0.29, 0.717) is 5.56 Å². The number of fused-ring (bicyclic) bond motifs is 1. The van der Waals surface area contributed by atoms with Crippen molar-refractivity contribution in [1.29, 1.82) is 0 Å². The summed E-state index contributed by atoms with van der Waals surface area (Å²) in [7, 11) is 0. The lowest BCUT2D eigenvalue weighted by Gasteiger charge is -2.43. The van der Waals surface area contributed by atoms with Gasteiger partial charge in [-0.3, -0.25) is 4.79 Å². The summed E-state index contributed by atoms with van der Waals surface area (Å²) in [5, 5.41) is 12.1. The molecule has 0 radical (unpaired) electrons. The number of carbonyl (C=O) groups excluding carboxylic acids is 1. The van der Waals surface area contributed by atoms with E-state index in [1.807, 2.05) is 42.3 Å². The Bertz CT molecular complexity index is 1180. The van der Waals surface area contributed by atoms with Gasteiger partial charge >= 0.3 is 5.97 Å². The maximum Gasteiger partial charge on any atom is 0.321 e. The maximum atomic E-state index is 12.7. The van der Waals surface area contributed by atoms with Gasteiger partial charge in [-0.05, 0) is 34.0 Å². The molecule has 0 saturated carbocycles. The van der Waals surface area contributed by atoms with Crippen LogP contribution < -0.4 is 5.73 Å². The molecular formula is C24H21NO4. The van der Waals surface area contributed by atoms with Crippen LogP contribution in [0.15, 0.2) is 77.1 Å². The number of nitrogens with two attached hydrogens (primary N) is 1. The van der Waals surface area contributed by atoms with Gasteiger partial charge in [0, 0.05) is 22.6 Å². The smallest absolute Gasteiger partial charge is 0.321 e. The number of hydrogen-bond donors (Lipinski definition) is 2. The van der Waals surface area contributed by atoms with Crippen molar-refractivity contribution >= 4 is 22.7 Å². The lowest BCUT2D eigenvalue weighted by molar-refractivity contribution is -0.143. The molecule has 1 aliphatic rings. The molecule has 3 aromatic rings. The number of hydrogen-bond acceptors (Lipinski definition) is 4. The van der Waals surface area contributed by atoms with Gasteiger partial charge in [-0.15, -0.1) is 0 Å². The molecule has 146 valence electrons. The minimum atomic E-state index is -1.70. The monoisotopic (exact) mass is 387 g/mol. The SMILES string of the molecule is CC1(C)C=CC(N)C(C(=O)O)(c2ccc3cccc(-c4ccoc4)c3c2)C1=C=O. The van der Waals surface area contributed by atoms with Crippen LogP contribution >= 0.6 is 0 Å². The van der Waals surface area contributed by atoms with E-state index in [1.165, 1.54) is 0 Å². The Kier molecular flexibility index (Phi) is 4.30. The summed E-state index contributed by atoms with van der Waals surface area (Å²) < 4.78 is 5.22. The number of rotatable bonds is 3. The molecule has 2 aromatic carbocycles. The molecule has 5 nitrogen and oxygen atoms in total. The van der Waals surface area contributed by atoms with Crippen LogP contribution in [0, 0.1) is 5.41 Å². The highest BCUT2D eigenvalue weighted by Gasteiger charge is 2.55. The third kappa shape index (κ3) is 2.67. The van der Waals surface area contributed by atoms with Crippen molar-refractivity contribution in [3.05, 3.63) is 78.3 Å². The van der Waals surface area contributed by atoms with Crippen LogP contribution in [-0.2, 0) is 15.0 Å². The highest BCUT2D eigenvalue weighted by Crippen LogP contribution is 2.48. The van der Waals surface area contributed by atoms with Gasteiger partial charge in [0.05, 0.1) is 12.5 Å². The minimum Gasteiger partial charge on any atom is -0.480 e. The topological polar surface area (TPSA) is 93.5 Å². The van der Waals surface area contributed by atoms with Gasteiger partial charge in [-0.1, -0.05) is 56.3 Å². The summed E-state index contributed by atoms with van der Waals surface area (Å²) in [4.78, 5) is 24.7. The number of benzene rings is 2. The average molecular weight is 387 g/mol. The first-order valence-electron chi connectivity index (χ1n) is 9.32. The second-order valence-corrected chi connectivity index (χ2v) is 7.95. The van der Waals surface area contributed by atoms with E-state index in [0.717, 1.165) is 21.9 Å². The minimum absolute atomic E-state index is 0.118. The number of furan rings is 1.